The highest BCUT2D eigenvalue weighted by Crippen LogP contribution is 2.22. The summed E-state index contributed by atoms with van der Waals surface area (Å²) in [4.78, 5) is 46.5. The topological polar surface area (TPSA) is 94.1 Å². The monoisotopic (exact) mass is 387 g/mol. The summed E-state index contributed by atoms with van der Waals surface area (Å²) in [6.45, 7) is 7.26. The number of thiophene rings is 1. The average Bonchev–Trinajstić information content (AvgIpc) is 3.18. The standard InChI is InChI=1S/C19H21N3O4S/c1-5-12-7-13-17(27-12)20-9-22(18(13)24)8-14(23)16-10(3)15(11(4)21-16)19(25)26-6-2/h7,9,21H,5-6,8H2,1-4H3. The van der Waals surface area contributed by atoms with Crippen LogP contribution < -0.4 is 5.56 Å². The molecular weight excluding hydrogens is 366 g/mol. The minimum atomic E-state index is -0.464. The molecule has 142 valence electrons. The molecule has 7 nitrogen and oxygen atoms in total. The van der Waals surface area contributed by atoms with E-state index in [0.29, 0.717) is 32.7 Å². The maximum Gasteiger partial charge on any atom is 0.340 e. The number of aryl methyl sites for hydroxylation is 2. The summed E-state index contributed by atoms with van der Waals surface area (Å²) >= 11 is 1.48. The Morgan fingerprint density at radius 1 is 1.30 bits per heavy atom. The van der Waals surface area contributed by atoms with E-state index in [0.717, 1.165) is 11.3 Å². The molecule has 3 aromatic heterocycles. The van der Waals surface area contributed by atoms with Crippen molar-refractivity contribution in [3.05, 3.63) is 50.1 Å². The predicted octanol–water partition coefficient (Wildman–Crippen LogP) is 3.02. The van der Waals surface area contributed by atoms with Crippen LogP contribution in [0.25, 0.3) is 10.2 Å². The van der Waals surface area contributed by atoms with E-state index >= 15 is 0 Å². The number of nitrogens with one attached hydrogen (secondary N) is 1. The minimum absolute atomic E-state index is 0.151. The maximum absolute atomic E-state index is 12.8. The number of carbonyl (C=O) groups excluding carboxylic acids is 2. The van der Waals surface area contributed by atoms with E-state index < -0.39 is 5.97 Å². The lowest BCUT2D eigenvalue weighted by molar-refractivity contribution is 0.0525. The van der Waals surface area contributed by atoms with E-state index in [1.807, 2.05) is 13.0 Å². The van der Waals surface area contributed by atoms with Crippen molar-refractivity contribution in [1.82, 2.24) is 14.5 Å². The maximum atomic E-state index is 12.8. The molecule has 0 bridgehead atoms. The molecule has 1 N–H and O–H groups in total. The highest BCUT2D eigenvalue weighted by molar-refractivity contribution is 7.18. The normalized spacial score (nSPS) is 11.1. The fourth-order valence-corrected chi connectivity index (χ4v) is 3.99. The fraction of sp³-hybridized carbons (Fsp3) is 0.368. The second-order valence-corrected chi connectivity index (χ2v) is 7.35. The van der Waals surface area contributed by atoms with Gasteiger partial charge in [-0.25, -0.2) is 9.78 Å². The van der Waals surface area contributed by atoms with Gasteiger partial charge >= 0.3 is 5.97 Å². The number of carbonyl (C=O) groups is 2. The number of hydrogen-bond acceptors (Lipinski definition) is 6. The Kier molecular flexibility index (Phi) is 5.27. The Labute approximate surface area is 160 Å². The van der Waals surface area contributed by atoms with Crippen LogP contribution in [0.15, 0.2) is 17.2 Å². The van der Waals surface area contributed by atoms with Gasteiger partial charge in [-0.05, 0) is 38.8 Å². The molecule has 3 heterocycles. The molecule has 27 heavy (non-hydrogen) atoms. The number of ketones is 1. The van der Waals surface area contributed by atoms with Crippen molar-refractivity contribution in [2.45, 2.75) is 40.7 Å². The predicted molar refractivity (Wildman–Crippen MR) is 104 cm³/mol. The number of aromatic amines is 1. The number of nitrogens with zero attached hydrogens (tertiary/aromatic N) is 2. The average molecular weight is 387 g/mol. The van der Waals surface area contributed by atoms with Gasteiger partial charge in [0.1, 0.15) is 4.83 Å². The second-order valence-electron chi connectivity index (χ2n) is 6.23. The molecule has 0 aliphatic rings. The zero-order valence-corrected chi connectivity index (χ0v) is 16.5. The number of H-pyrrole nitrogens is 1. The van der Waals surface area contributed by atoms with Gasteiger partial charge in [0.25, 0.3) is 5.56 Å². The number of aromatic nitrogens is 3. The summed E-state index contributed by atoms with van der Waals surface area (Å²) in [5, 5.41) is 0.527. The number of esters is 1. The lowest BCUT2D eigenvalue weighted by atomic mass is 10.1. The van der Waals surface area contributed by atoms with E-state index in [2.05, 4.69) is 9.97 Å². The summed E-state index contributed by atoms with van der Waals surface area (Å²) in [5.41, 5.74) is 1.53. The van der Waals surface area contributed by atoms with Crippen molar-refractivity contribution in [2.24, 2.45) is 0 Å². The molecule has 0 spiro atoms. The summed E-state index contributed by atoms with van der Waals surface area (Å²) in [6, 6.07) is 1.83. The van der Waals surface area contributed by atoms with Gasteiger partial charge in [-0.15, -0.1) is 11.3 Å². The molecule has 0 saturated carbocycles. The first kappa shape index (κ1) is 19.0. The zero-order valence-electron chi connectivity index (χ0n) is 15.7. The van der Waals surface area contributed by atoms with Crippen molar-refractivity contribution in [3.63, 3.8) is 0 Å². The van der Waals surface area contributed by atoms with E-state index in [1.54, 1.807) is 20.8 Å². The quantitative estimate of drug-likeness (QED) is 0.518. The molecular formula is C19H21N3O4S. The van der Waals surface area contributed by atoms with E-state index in [-0.39, 0.29) is 24.5 Å². The van der Waals surface area contributed by atoms with Crippen LogP contribution in [0, 0.1) is 13.8 Å². The third kappa shape index (κ3) is 3.44. The first-order valence-electron chi connectivity index (χ1n) is 8.74. The van der Waals surface area contributed by atoms with Crippen LogP contribution >= 0.6 is 11.3 Å². The van der Waals surface area contributed by atoms with Crippen molar-refractivity contribution in [1.29, 1.82) is 0 Å². The largest absolute Gasteiger partial charge is 0.462 e. The van der Waals surface area contributed by atoms with Crippen molar-refractivity contribution >= 4 is 33.3 Å². The van der Waals surface area contributed by atoms with Crippen LogP contribution in [-0.2, 0) is 17.7 Å². The van der Waals surface area contributed by atoms with Gasteiger partial charge in [0, 0.05) is 10.6 Å². The summed E-state index contributed by atoms with van der Waals surface area (Å²) < 4.78 is 6.35. The Morgan fingerprint density at radius 3 is 2.70 bits per heavy atom. The number of Topliss-reactive ketones (excluding diaryl/α,β-unsaturated/α-hetero) is 1. The summed E-state index contributed by atoms with van der Waals surface area (Å²) in [7, 11) is 0. The lowest BCUT2D eigenvalue weighted by Crippen LogP contribution is -2.24. The minimum Gasteiger partial charge on any atom is -0.462 e. The van der Waals surface area contributed by atoms with Gasteiger partial charge in [-0.3, -0.25) is 14.2 Å². The lowest BCUT2D eigenvalue weighted by Gasteiger charge is -2.05. The SMILES string of the molecule is CCOC(=O)c1c(C)[nH]c(C(=O)Cn2cnc3sc(CC)cc3c2=O)c1C. The molecule has 0 aliphatic heterocycles. The molecule has 0 aromatic carbocycles. The van der Waals surface area contributed by atoms with Crippen LogP contribution in [0.4, 0.5) is 0 Å². The van der Waals surface area contributed by atoms with Gasteiger partial charge in [0.2, 0.25) is 0 Å². The highest BCUT2D eigenvalue weighted by atomic mass is 32.1. The molecule has 0 unspecified atom stereocenters. The Morgan fingerprint density at radius 2 is 2.04 bits per heavy atom. The third-order valence-electron chi connectivity index (χ3n) is 4.43. The van der Waals surface area contributed by atoms with Gasteiger partial charge in [-0.1, -0.05) is 6.92 Å². The molecule has 0 fully saturated rings. The molecule has 0 radical (unpaired) electrons. The second kappa shape index (κ2) is 7.48. The summed E-state index contributed by atoms with van der Waals surface area (Å²) in [5.74, 6) is -0.756. The Hall–Kier alpha value is -2.74. The van der Waals surface area contributed by atoms with Crippen LogP contribution in [0.3, 0.4) is 0 Å². The van der Waals surface area contributed by atoms with Gasteiger partial charge < -0.3 is 9.72 Å². The van der Waals surface area contributed by atoms with Crippen LogP contribution in [-0.4, -0.2) is 32.9 Å². The van der Waals surface area contributed by atoms with Crippen molar-refractivity contribution in [2.75, 3.05) is 6.61 Å². The van der Waals surface area contributed by atoms with Gasteiger partial charge in [0.05, 0.1) is 36.1 Å². The molecule has 0 amide bonds. The molecule has 0 aliphatic carbocycles. The Bertz CT molecular complexity index is 1090. The number of ether oxygens (including phenoxy) is 1. The first-order valence-corrected chi connectivity index (χ1v) is 9.56. The van der Waals surface area contributed by atoms with Crippen LogP contribution in [0.2, 0.25) is 0 Å². The fourth-order valence-electron chi connectivity index (χ4n) is 3.07. The first-order chi connectivity index (χ1) is 12.9. The summed E-state index contributed by atoms with van der Waals surface area (Å²) in [6.07, 6.45) is 2.23. The number of fused-ring (bicyclic) bond motifs is 1. The highest BCUT2D eigenvalue weighted by Gasteiger charge is 2.23. The third-order valence-corrected chi connectivity index (χ3v) is 5.61. The smallest absolute Gasteiger partial charge is 0.340 e. The number of hydrogen-bond donors (Lipinski definition) is 1. The van der Waals surface area contributed by atoms with Crippen LogP contribution in [0.5, 0.6) is 0 Å². The van der Waals surface area contributed by atoms with Crippen molar-refractivity contribution < 1.29 is 14.3 Å². The Balaban J connectivity index is 1.93. The van der Waals surface area contributed by atoms with Crippen LogP contribution in [0.1, 0.15) is 50.8 Å². The van der Waals surface area contributed by atoms with E-state index in [9.17, 15) is 14.4 Å². The molecule has 8 heteroatoms. The van der Waals surface area contributed by atoms with Gasteiger partial charge in [0.15, 0.2) is 5.78 Å². The molecule has 0 saturated heterocycles. The number of rotatable bonds is 6. The van der Waals surface area contributed by atoms with Gasteiger partial charge in [-0.2, -0.15) is 0 Å². The van der Waals surface area contributed by atoms with E-state index in [4.69, 9.17) is 4.74 Å². The van der Waals surface area contributed by atoms with E-state index in [1.165, 1.54) is 22.2 Å². The zero-order chi connectivity index (χ0) is 19.7. The molecule has 3 rings (SSSR count). The van der Waals surface area contributed by atoms with Crippen molar-refractivity contribution in [3.8, 4) is 0 Å². The molecule has 3 aromatic rings. The molecule has 0 atom stereocenters.